The quantitative estimate of drug-likeness (QED) is 0.744. The van der Waals surface area contributed by atoms with E-state index >= 15 is 0 Å². The molecule has 5 heteroatoms. The molecule has 0 amide bonds. The van der Waals surface area contributed by atoms with E-state index < -0.39 is 0 Å². The molecule has 0 aliphatic carbocycles. The van der Waals surface area contributed by atoms with Crippen LogP contribution in [0.3, 0.4) is 0 Å². The molecular formula is C11H15Fe2N3. The van der Waals surface area contributed by atoms with Gasteiger partial charge in [-0.2, -0.15) is 0 Å². The zero-order chi connectivity index (χ0) is 12.3. The van der Waals surface area contributed by atoms with Gasteiger partial charge in [0.15, 0.2) is 0 Å². The van der Waals surface area contributed by atoms with Crippen molar-refractivity contribution in [3.05, 3.63) is 29.6 Å². The fraction of sp³-hybridized carbons (Fsp3) is 0.364. The monoisotopic (exact) mass is 301 g/mol. The Morgan fingerprint density at radius 3 is 1.62 bits per heavy atom. The van der Waals surface area contributed by atoms with E-state index in [9.17, 15) is 0 Å². The number of nitrogens with zero attached hydrogens (tertiary/aromatic N) is 3. The van der Waals surface area contributed by atoms with Gasteiger partial charge in [0.2, 0.25) is 0 Å². The standard InChI is InChI=1S/C11H15N3.2Fe/c1-13(2)8-10-6-5-7-11(12-10)9-14(3)4;;/h5-7H,1-4H3;;. The van der Waals surface area contributed by atoms with Crippen molar-refractivity contribution in [2.45, 2.75) is 0 Å². The molecule has 1 rings (SSSR count). The summed E-state index contributed by atoms with van der Waals surface area (Å²) in [7, 11) is 7.82. The first-order valence-electron chi connectivity index (χ1n) is 4.78. The zero-order valence-electron chi connectivity index (χ0n) is 9.78. The second-order valence-corrected chi connectivity index (χ2v) is 4.80. The summed E-state index contributed by atoms with van der Waals surface area (Å²) in [6.45, 7) is 0. The van der Waals surface area contributed by atoms with Crippen LogP contribution in [0.4, 0.5) is 0 Å². The van der Waals surface area contributed by atoms with E-state index in [2.05, 4.69) is 36.1 Å². The molecule has 0 aliphatic heterocycles. The van der Waals surface area contributed by atoms with Crippen LogP contribution < -0.4 is 0 Å². The Labute approximate surface area is 113 Å². The van der Waals surface area contributed by atoms with Gasteiger partial charge in [0.05, 0.1) is 0 Å². The summed E-state index contributed by atoms with van der Waals surface area (Å²) in [6.07, 6.45) is 0. The average molecular weight is 301 g/mol. The summed E-state index contributed by atoms with van der Waals surface area (Å²) in [6, 6.07) is 5.88. The Morgan fingerprint density at radius 1 is 0.938 bits per heavy atom. The first-order valence-corrected chi connectivity index (χ1v) is 5.89. The van der Waals surface area contributed by atoms with Gasteiger partial charge in [0, 0.05) is 0 Å². The van der Waals surface area contributed by atoms with Crippen LogP contribution in [-0.2, 0) is 31.2 Å². The number of pyridine rings is 1. The molecule has 0 radical (unpaired) electrons. The molecule has 0 unspecified atom stereocenters. The SMILES string of the molecule is CN(C)[C](=[Fe])c1cccc([C](=[Fe])N(C)C)n1. The number of hydrogen-bond acceptors (Lipinski definition) is 3. The normalized spacial score (nSPS) is 11.0. The molecule has 3 nitrogen and oxygen atoms in total. The molecule has 0 aliphatic rings. The van der Waals surface area contributed by atoms with Crippen LogP contribution in [0.2, 0.25) is 0 Å². The van der Waals surface area contributed by atoms with Crippen molar-refractivity contribution in [1.29, 1.82) is 0 Å². The molecule has 0 spiro atoms. The third-order valence-electron chi connectivity index (χ3n) is 1.92. The van der Waals surface area contributed by atoms with Crippen molar-refractivity contribution in [2.24, 2.45) is 0 Å². The summed E-state index contributed by atoms with van der Waals surface area (Å²) in [5, 5.41) is 0. The third kappa shape index (κ3) is 3.42. The molecule has 0 saturated heterocycles. The minimum absolute atomic E-state index is 0.880. The van der Waals surface area contributed by atoms with Crippen LogP contribution in [0.1, 0.15) is 11.4 Å². The molecule has 1 aromatic rings. The second kappa shape index (κ2) is 5.97. The van der Waals surface area contributed by atoms with Gasteiger partial charge in [-0.1, -0.05) is 0 Å². The Kier molecular flexibility index (Phi) is 5.19. The number of aromatic nitrogens is 1. The molecule has 0 aromatic carbocycles. The zero-order valence-corrected chi connectivity index (χ0v) is 12.0. The molecule has 0 atom stereocenters. The van der Waals surface area contributed by atoms with E-state index in [1.807, 2.05) is 56.2 Å². The van der Waals surface area contributed by atoms with Crippen molar-refractivity contribution in [3.63, 3.8) is 0 Å². The van der Waals surface area contributed by atoms with Crippen molar-refractivity contribution in [3.8, 4) is 0 Å². The van der Waals surface area contributed by atoms with Gasteiger partial charge in [0.25, 0.3) is 0 Å². The van der Waals surface area contributed by atoms with E-state index in [0.29, 0.717) is 0 Å². The first-order chi connectivity index (χ1) is 7.43. The summed E-state index contributed by atoms with van der Waals surface area (Å²) >= 11 is 7.98. The molecular weight excluding hydrogens is 286 g/mol. The van der Waals surface area contributed by atoms with Gasteiger partial charge in [-0.3, -0.25) is 0 Å². The third-order valence-corrected chi connectivity index (χ3v) is 3.48. The maximum absolute atomic E-state index is 4.53. The Hall–Kier alpha value is -0.151. The molecule has 0 bridgehead atoms. The van der Waals surface area contributed by atoms with Crippen LogP contribution >= 0.6 is 0 Å². The van der Waals surface area contributed by atoms with Crippen molar-refractivity contribution in [1.82, 2.24) is 14.8 Å². The van der Waals surface area contributed by atoms with Gasteiger partial charge in [-0.15, -0.1) is 0 Å². The van der Waals surface area contributed by atoms with E-state index in [1.165, 1.54) is 0 Å². The Morgan fingerprint density at radius 2 is 1.31 bits per heavy atom. The van der Waals surface area contributed by atoms with Crippen LogP contribution in [0, 0.1) is 0 Å². The Balaban J connectivity index is 3.05. The van der Waals surface area contributed by atoms with Gasteiger partial charge >= 0.3 is 113 Å². The molecule has 1 aromatic heterocycles. The molecule has 0 N–H and O–H groups in total. The minimum atomic E-state index is 0.880. The Bertz CT molecular complexity index is 378. The van der Waals surface area contributed by atoms with E-state index in [0.717, 1.165) is 20.5 Å². The molecule has 1 heterocycles. The number of hydrogen-bond donors (Lipinski definition) is 0. The van der Waals surface area contributed by atoms with Gasteiger partial charge < -0.3 is 0 Å². The van der Waals surface area contributed by atoms with Crippen molar-refractivity contribution < 1.29 is 31.2 Å². The summed E-state index contributed by atoms with van der Waals surface area (Å²) in [5.74, 6) is 0. The average Bonchev–Trinajstić information content (AvgIpc) is 2.26. The summed E-state index contributed by atoms with van der Waals surface area (Å²) in [4.78, 5) is 8.43. The molecule has 0 fully saturated rings. The second-order valence-electron chi connectivity index (χ2n) is 3.76. The van der Waals surface area contributed by atoms with Crippen LogP contribution in [0.15, 0.2) is 18.2 Å². The molecule has 0 saturated carbocycles. The maximum atomic E-state index is 4.53. The fourth-order valence-electron chi connectivity index (χ4n) is 1.12. The topological polar surface area (TPSA) is 19.4 Å². The van der Waals surface area contributed by atoms with E-state index in [-0.39, 0.29) is 0 Å². The van der Waals surface area contributed by atoms with E-state index in [4.69, 9.17) is 0 Å². The molecule has 90 valence electrons. The molecule has 16 heavy (non-hydrogen) atoms. The van der Waals surface area contributed by atoms with Crippen LogP contribution in [0.5, 0.6) is 0 Å². The van der Waals surface area contributed by atoms with E-state index in [1.54, 1.807) is 0 Å². The van der Waals surface area contributed by atoms with Crippen LogP contribution in [-0.4, -0.2) is 52.1 Å². The predicted molar refractivity (Wildman–Crippen MR) is 59.8 cm³/mol. The van der Waals surface area contributed by atoms with Crippen LogP contribution in [0.25, 0.3) is 0 Å². The van der Waals surface area contributed by atoms with Crippen molar-refractivity contribution >= 4 is 9.08 Å². The summed E-state index contributed by atoms with van der Waals surface area (Å²) < 4.78 is 1.79. The summed E-state index contributed by atoms with van der Waals surface area (Å²) in [5.41, 5.74) is 1.76. The fourth-order valence-corrected chi connectivity index (χ4v) is 1.42. The van der Waals surface area contributed by atoms with Gasteiger partial charge in [-0.25, -0.2) is 0 Å². The predicted octanol–water partition coefficient (Wildman–Crippen LogP) is 0.254. The van der Waals surface area contributed by atoms with Crippen molar-refractivity contribution in [2.75, 3.05) is 28.2 Å². The first kappa shape index (κ1) is 13.9. The van der Waals surface area contributed by atoms with Gasteiger partial charge in [0.1, 0.15) is 0 Å². The van der Waals surface area contributed by atoms with Gasteiger partial charge in [-0.05, 0) is 0 Å². The number of rotatable bonds is 4.